The molecule has 1 aliphatic rings. The van der Waals surface area contributed by atoms with Crippen molar-refractivity contribution >= 4 is 0 Å². The van der Waals surface area contributed by atoms with Crippen LogP contribution in [-0.2, 0) is 3.07 Å². The Morgan fingerprint density at radius 3 is 2.86 bits per heavy atom. The van der Waals surface area contributed by atoms with Crippen molar-refractivity contribution in [3.8, 4) is 0 Å². The van der Waals surface area contributed by atoms with Gasteiger partial charge in [0, 0.05) is 0 Å². The number of nitrogens with zero attached hydrogens (tertiary/aromatic N) is 1. The van der Waals surface area contributed by atoms with Crippen molar-refractivity contribution in [2.75, 3.05) is 24.8 Å². The molecular weight excluding hydrogens is 205 g/mol. The van der Waals surface area contributed by atoms with E-state index in [0.717, 1.165) is 13.2 Å². The van der Waals surface area contributed by atoms with Crippen LogP contribution in [0.3, 0.4) is 0 Å². The Hall–Kier alpha value is 0.650. The molecule has 0 N–H and O–H groups in total. The third kappa shape index (κ3) is 1.92. The van der Waals surface area contributed by atoms with Crippen molar-refractivity contribution in [3.63, 3.8) is 0 Å². The summed E-state index contributed by atoms with van der Waals surface area (Å²) < 4.78 is 6.42. The topological polar surface area (TPSA) is 12.5 Å². The molecule has 0 bridgehead atoms. The Morgan fingerprint density at radius 1 is 1.71 bits per heavy atom. The second-order valence-corrected chi connectivity index (χ2v) is 3.55. The van der Waals surface area contributed by atoms with Gasteiger partial charge in [0.1, 0.15) is 0 Å². The minimum atomic E-state index is 0.100. The van der Waals surface area contributed by atoms with Crippen LogP contribution in [0.15, 0.2) is 0 Å². The predicted molar refractivity (Wildman–Crippen MR) is 23.4 cm³/mol. The van der Waals surface area contributed by atoms with E-state index in [1.807, 2.05) is 0 Å². The molecule has 0 aliphatic carbocycles. The van der Waals surface area contributed by atoms with E-state index >= 15 is 0 Å². The van der Waals surface area contributed by atoms with Gasteiger partial charge in [-0.3, -0.25) is 0 Å². The van der Waals surface area contributed by atoms with Gasteiger partial charge in [-0.1, -0.05) is 0 Å². The summed E-state index contributed by atoms with van der Waals surface area (Å²) in [5.74, 6) is 0. The predicted octanol–water partition coefficient (Wildman–Crippen LogP) is -3.09. The van der Waals surface area contributed by atoms with E-state index in [-0.39, 0.29) is 21.6 Å². The molecule has 2 nitrogen and oxygen atoms in total. The van der Waals surface area contributed by atoms with Crippen molar-refractivity contribution in [2.24, 2.45) is 0 Å². The minimum absolute atomic E-state index is 0.100. The summed E-state index contributed by atoms with van der Waals surface area (Å²) in [7, 11) is 2.14. The number of rotatable bonds is 0. The molecule has 0 atom stereocenters. The van der Waals surface area contributed by atoms with Gasteiger partial charge in [0.2, 0.25) is 0 Å². The van der Waals surface area contributed by atoms with Gasteiger partial charge in [-0.15, -0.1) is 0 Å². The number of alkyl halides is 1. The molecule has 0 aromatic heterocycles. The normalized spacial score (nSPS) is 26.4. The molecule has 3 heteroatoms. The van der Waals surface area contributed by atoms with Crippen LogP contribution in [0.4, 0.5) is 0 Å². The van der Waals surface area contributed by atoms with Crippen LogP contribution in [0.2, 0.25) is 0 Å². The van der Waals surface area contributed by atoms with E-state index in [4.69, 9.17) is 3.07 Å². The first-order valence-electron chi connectivity index (χ1n) is 2.29. The Balaban J connectivity index is 2.12. The van der Waals surface area contributed by atoms with E-state index in [9.17, 15) is 0 Å². The standard InChI is InChI=1S/C4H9INO/c1-6-2-3-7-5-4-6/h2-4H2,1H3/q-1. The molecule has 0 amide bonds. The van der Waals surface area contributed by atoms with Gasteiger partial charge in [0.05, 0.1) is 0 Å². The molecule has 44 valence electrons. The SMILES string of the molecule is CN1CCO[I-]C1. The van der Waals surface area contributed by atoms with Gasteiger partial charge in [-0.2, -0.15) is 0 Å². The quantitative estimate of drug-likeness (QED) is 0.241. The van der Waals surface area contributed by atoms with Crippen LogP contribution in [0.25, 0.3) is 0 Å². The van der Waals surface area contributed by atoms with Gasteiger partial charge in [0.25, 0.3) is 0 Å². The summed E-state index contributed by atoms with van der Waals surface area (Å²) in [5.41, 5.74) is 0. The first-order valence-corrected chi connectivity index (χ1v) is 4.70. The third-order valence-corrected chi connectivity index (χ3v) is 3.20. The van der Waals surface area contributed by atoms with Crippen molar-refractivity contribution < 1.29 is 24.7 Å². The van der Waals surface area contributed by atoms with Crippen LogP contribution in [-0.4, -0.2) is 29.7 Å². The molecular formula is C4H9INO-. The van der Waals surface area contributed by atoms with Crippen LogP contribution in [0.5, 0.6) is 0 Å². The van der Waals surface area contributed by atoms with E-state index in [0.29, 0.717) is 0 Å². The summed E-state index contributed by atoms with van der Waals surface area (Å²) in [4.78, 5) is 2.32. The first-order chi connectivity index (χ1) is 3.39. The number of hydrogen-bond donors (Lipinski definition) is 0. The summed E-state index contributed by atoms with van der Waals surface area (Å²) in [6, 6.07) is 0. The molecule has 1 saturated heterocycles. The Bertz CT molecular complexity index is 53.7. The second-order valence-electron chi connectivity index (χ2n) is 1.62. The molecule has 1 heterocycles. The van der Waals surface area contributed by atoms with Gasteiger partial charge < -0.3 is 0 Å². The maximum atomic E-state index is 5.21. The maximum absolute atomic E-state index is 5.21. The molecule has 1 rings (SSSR count). The monoisotopic (exact) mass is 214 g/mol. The zero-order valence-corrected chi connectivity index (χ0v) is 6.51. The molecule has 1 aliphatic heterocycles. The molecule has 0 saturated carbocycles. The first kappa shape index (κ1) is 5.78. The molecule has 7 heavy (non-hydrogen) atoms. The molecule has 0 aromatic carbocycles. The van der Waals surface area contributed by atoms with Crippen LogP contribution < -0.4 is 21.6 Å². The van der Waals surface area contributed by atoms with Crippen LogP contribution >= 0.6 is 0 Å². The summed E-state index contributed by atoms with van der Waals surface area (Å²) >= 11 is 0.100. The van der Waals surface area contributed by atoms with Gasteiger partial charge in [0.15, 0.2) is 0 Å². The molecule has 1 fully saturated rings. The summed E-state index contributed by atoms with van der Waals surface area (Å²) in [5, 5.41) is 0. The zero-order chi connectivity index (χ0) is 5.11. The van der Waals surface area contributed by atoms with Gasteiger partial charge in [-0.25, -0.2) is 0 Å². The fourth-order valence-electron chi connectivity index (χ4n) is 0.422. The number of hydrogen-bond acceptors (Lipinski definition) is 2. The van der Waals surface area contributed by atoms with Gasteiger partial charge in [-0.05, 0) is 0 Å². The van der Waals surface area contributed by atoms with Crippen molar-refractivity contribution in [1.29, 1.82) is 0 Å². The molecule has 0 unspecified atom stereocenters. The Labute approximate surface area is 54.6 Å². The Morgan fingerprint density at radius 2 is 2.57 bits per heavy atom. The van der Waals surface area contributed by atoms with Gasteiger partial charge >= 0.3 is 54.3 Å². The molecule has 0 radical (unpaired) electrons. The zero-order valence-electron chi connectivity index (χ0n) is 4.35. The third-order valence-electron chi connectivity index (χ3n) is 0.880. The van der Waals surface area contributed by atoms with Crippen LogP contribution in [0, 0.1) is 0 Å². The number of likely N-dealkylation sites (N-methyl/N-ethyl adjacent to an activating group) is 1. The molecule has 0 spiro atoms. The van der Waals surface area contributed by atoms with E-state index in [1.165, 1.54) is 4.55 Å². The summed E-state index contributed by atoms with van der Waals surface area (Å²) in [6.45, 7) is 2.09. The average Bonchev–Trinajstić information content (AvgIpc) is 1.69. The second kappa shape index (κ2) is 2.84. The van der Waals surface area contributed by atoms with Crippen LogP contribution in [0.1, 0.15) is 0 Å². The molecule has 0 aromatic rings. The van der Waals surface area contributed by atoms with Crippen molar-refractivity contribution in [3.05, 3.63) is 0 Å². The fraction of sp³-hybridized carbons (Fsp3) is 1.00. The average molecular weight is 214 g/mol. The Kier molecular flexibility index (Phi) is 2.34. The fourth-order valence-corrected chi connectivity index (χ4v) is 1.94. The number of halogens is 1. The van der Waals surface area contributed by atoms with E-state index in [1.54, 1.807) is 0 Å². The van der Waals surface area contributed by atoms with Crippen molar-refractivity contribution in [1.82, 2.24) is 4.90 Å². The van der Waals surface area contributed by atoms with E-state index < -0.39 is 0 Å². The van der Waals surface area contributed by atoms with E-state index in [2.05, 4.69) is 11.9 Å². The summed E-state index contributed by atoms with van der Waals surface area (Å²) in [6.07, 6.45) is 0. The van der Waals surface area contributed by atoms with Crippen molar-refractivity contribution in [2.45, 2.75) is 0 Å².